The minimum atomic E-state index is -0.658. The van der Waals surface area contributed by atoms with Crippen LogP contribution in [0.4, 0.5) is 4.79 Å². The number of carbonyl (C=O) groups excluding carboxylic acids is 3. The average molecular weight is 389 g/mol. The fourth-order valence-corrected chi connectivity index (χ4v) is 3.37. The second-order valence-electron chi connectivity index (χ2n) is 6.67. The molecular weight excluding hydrogens is 370 g/mol. The van der Waals surface area contributed by atoms with Gasteiger partial charge < -0.3 is 14.6 Å². The van der Waals surface area contributed by atoms with Crippen molar-refractivity contribution < 1.29 is 19.1 Å². The highest BCUT2D eigenvalue weighted by Crippen LogP contribution is 2.25. The summed E-state index contributed by atoms with van der Waals surface area (Å²) in [6.45, 7) is 0.258. The molecule has 0 unspecified atom stereocenters. The third kappa shape index (κ3) is 3.62. The van der Waals surface area contributed by atoms with Crippen LogP contribution in [-0.4, -0.2) is 41.0 Å². The number of carbonyl (C=O) groups is 3. The Morgan fingerprint density at radius 1 is 1.07 bits per heavy atom. The number of benzene rings is 2. The van der Waals surface area contributed by atoms with Gasteiger partial charge in [0, 0.05) is 29.2 Å². The van der Waals surface area contributed by atoms with E-state index in [1.165, 1.54) is 7.11 Å². The molecule has 0 aliphatic carbocycles. The summed E-state index contributed by atoms with van der Waals surface area (Å²) in [4.78, 5) is 36.9. The lowest BCUT2D eigenvalue weighted by Gasteiger charge is -2.08. The standard InChI is InChI=1S/C22H19N3O4/c1-29-20(26)14-25-21(27)18(23-22(25)28)11-16-13-24(12-15-7-3-2-4-8-15)19-10-6-5-9-17(16)19/h2-11,13H,12,14H2,1H3,(H,23,28)/b18-11+. The van der Waals surface area contributed by atoms with E-state index < -0.39 is 24.5 Å². The van der Waals surface area contributed by atoms with Crippen LogP contribution in [0, 0.1) is 0 Å². The Hall–Kier alpha value is -3.87. The summed E-state index contributed by atoms with van der Waals surface area (Å²) in [5, 5.41) is 3.50. The first-order chi connectivity index (χ1) is 14.1. The van der Waals surface area contributed by atoms with Gasteiger partial charge in [-0.1, -0.05) is 48.5 Å². The lowest BCUT2D eigenvalue weighted by molar-refractivity contribution is -0.143. The van der Waals surface area contributed by atoms with Gasteiger partial charge in [-0.15, -0.1) is 0 Å². The Labute approximate surface area is 167 Å². The molecule has 2 heterocycles. The minimum Gasteiger partial charge on any atom is -0.468 e. The first kappa shape index (κ1) is 18.5. The second kappa shape index (κ2) is 7.63. The van der Waals surface area contributed by atoms with Crippen LogP contribution in [-0.2, 0) is 20.9 Å². The minimum absolute atomic E-state index is 0.126. The smallest absolute Gasteiger partial charge is 0.329 e. The lowest BCUT2D eigenvalue weighted by Crippen LogP contribution is -2.36. The topological polar surface area (TPSA) is 80.6 Å². The van der Waals surface area contributed by atoms with Gasteiger partial charge in [-0.25, -0.2) is 9.69 Å². The van der Waals surface area contributed by atoms with Gasteiger partial charge in [-0.05, 0) is 17.7 Å². The number of nitrogens with one attached hydrogen (secondary N) is 1. The van der Waals surface area contributed by atoms with Crippen molar-refractivity contribution in [2.45, 2.75) is 6.54 Å². The first-order valence-electron chi connectivity index (χ1n) is 9.10. The van der Waals surface area contributed by atoms with Crippen molar-refractivity contribution in [2.24, 2.45) is 0 Å². The Kier molecular flexibility index (Phi) is 4.87. The molecule has 0 atom stereocenters. The molecular formula is C22H19N3O4. The highest BCUT2D eigenvalue weighted by atomic mass is 16.5. The van der Waals surface area contributed by atoms with E-state index in [9.17, 15) is 14.4 Å². The summed E-state index contributed by atoms with van der Waals surface area (Å²) in [6.07, 6.45) is 3.59. The third-order valence-electron chi connectivity index (χ3n) is 4.79. The Morgan fingerprint density at radius 3 is 2.55 bits per heavy atom. The zero-order valence-corrected chi connectivity index (χ0v) is 15.8. The number of imide groups is 1. The molecule has 2 aromatic carbocycles. The number of hydrogen-bond acceptors (Lipinski definition) is 4. The van der Waals surface area contributed by atoms with Crippen LogP contribution >= 0.6 is 0 Å². The molecule has 1 fully saturated rings. The van der Waals surface area contributed by atoms with E-state index in [0.29, 0.717) is 6.54 Å². The van der Waals surface area contributed by atoms with Crippen molar-refractivity contribution in [3.63, 3.8) is 0 Å². The number of fused-ring (bicyclic) bond motifs is 1. The molecule has 0 saturated carbocycles. The van der Waals surface area contributed by atoms with Crippen molar-refractivity contribution in [1.29, 1.82) is 0 Å². The summed E-state index contributed by atoms with van der Waals surface area (Å²) >= 11 is 0. The molecule has 3 aromatic rings. The van der Waals surface area contributed by atoms with Crippen LogP contribution in [0.1, 0.15) is 11.1 Å². The summed E-state index contributed by atoms with van der Waals surface area (Å²) in [6, 6.07) is 17.3. The number of hydrogen-bond donors (Lipinski definition) is 1. The van der Waals surface area contributed by atoms with Gasteiger partial charge in [0.15, 0.2) is 0 Å². The van der Waals surface area contributed by atoms with Gasteiger partial charge in [0.1, 0.15) is 12.2 Å². The fraction of sp³-hybridized carbons (Fsp3) is 0.136. The van der Waals surface area contributed by atoms with E-state index in [2.05, 4.69) is 26.8 Å². The average Bonchev–Trinajstić information content (AvgIpc) is 3.21. The van der Waals surface area contributed by atoms with Gasteiger partial charge in [-0.2, -0.15) is 0 Å². The summed E-state index contributed by atoms with van der Waals surface area (Å²) in [5.41, 5.74) is 3.11. The monoisotopic (exact) mass is 389 g/mol. The maximum Gasteiger partial charge on any atom is 0.329 e. The second-order valence-corrected chi connectivity index (χ2v) is 6.67. The quantitative estimate of drug-likeness (QED) is 0.413. The Balaban J connectivity index is 1.69. The van der Waals surface area contributed by atoms with E-state index in [4.69, 9.17) is 0 Å². The largest absolute Gasteiger partial charge is 0.468 e. The number of nitrogens with zero attached hydrogens (tertiary/aromatic N) is 2. The molecule has 4 rings (SSSR count). The van der Waals surface area contributed by atoms with E-state index >= 15 is 0 Å². The molecule has 1 aromatic heterocycles. The molecule has 0 spiro atoms. The summed E-state index contributed by atoms with van der Waals surface area (Å²) in [5.74, 6) is -1.21. The van der Waals surface area contributed by atoms with Crippen molar-refractivity contribution in [3.8, 4) is 0 Å². The summed E-state index contributed by atoms with van der Waals surface area (Å²) in [7, 11) is 1.21. The van der Waals surface area contributed by atoms with Gasteiger partial charge in [0.25, 0.3) is 5.91 Å². The Morgan fingerprint density at radius 2 is 1.79 bits per heavy atom. The normalized spacial score (nSPS) is 15.2. The SMILES string of the molecule is COC(=O)CN1C(=O)N/C(=C/c2cn(Cc3ccccc3)c3ccccc23)C1=O. The molecule has 1 N–H and O–H groups in total. The number of esters is 1. The molecule has 29 heavy (non-hydrogen) atoms. The molecule has 0 radical (unpaired) electrons. The number of ether oxygens (including phenoxy) is 1. The molecule has 1 aliphatic rings. The summed E-state index contributed by atoms with van der Waals surface area (Å²) < 4.78 is 6.65. The van der Waals surface area contributed by atoms with Crippen LogP contribution in [0.25, 0.3) is 17.0 Å². The zero-order valence-electron chi connectivity index (χ0n) is 15.8. The molecule has 1 aliphatic heterocycles. The molecule has 7 heteroatoms. The van der Waals surface area contributed by atoms with Gasteiger partial charge in [0.05, 0.1) is 7.11 Å². The number of methoxy groups -OCH3 is 1. The van der Waals surface area contributed by atoms with E-state index in [-0.39, 0.29) is 5.70 Å². The van der Waals surface area contributed by atoms with Crippen molar-refractivity contribution >= 4 is 34.9 Å². The predicted octanol–water partition coefficient (Wildman–Crippen LogP) is 2.76. The van der Waals surface area contributed by atoms with Crippen molar-refractivity contribution in [3.05, 3.63) is 77.6 Å². The number of rotatable bonds is 5. The highest BCUT2D eigenvalue weighted by molar-refractivity contribution is 6.15. The van der Waals surface area contributed by atoms with Crippen LogP contribution in [0.2, 0.25) is 0 Å². The zero-order chi connectivity index (χ0) is 20.4. The molecule has 0 bridgehead atoms. The molecule has 146 valence electrons. The Bertz CT molecular complexity index is 1130. The molecule has 3 amide bonds. The maximum absolute atomic E-state index is 12.6. The van der Waals surface area contributed by atoms with Crippen molar-refractivity contribution in [1.82, 2.24) is 14.8 Å². The fourth-order valence-electron chi connectivity index (χ4n) is 3.37. The van der Waals surface area contributed by atoms with E-state index in [0.717, 1.165) is 26.9 Å². The number of aromatic nitrogens is 1. The molecule has 7 nitrogen and oxygen atoms in total. The van der Waals surface area contributed by atoms with Gasteiger partial charge in [0.2, 0.25) is 0 Å². The number of urea groups is 1. The van der Waals surface area contributed by atoms with Gasteiger partial charge >= 0.3 is 12.0 Å². The predicted molar refractivity (Wildman–Crippen MR) is 108 cm³/mol. The number of para-hydroxylation sites is 1. The van der Waals surface area contributed by atoms with E-state index in [1.54, 1.807) is 6.08 Å². The van der Waals surface area contributed by atoms with Crippen LogP contribution in [0.15, 0.2) is 66.5 Å². The first-order valence-corrected chi connectivity index (χ1v) is 9.10. The number of amides is 3. The third-order valence-corrected chi connectivity index (χ3v) is 4.79. The molecule has 1 saturated heterocycles. The van der Waals surface area contributed by atoms with Crippen LogP contribution in [0.3, 0.4) is 0 Å². The highest BCUT2D eigenvalue weighted by Gasteiger charge is 2.35. The van der Waals surface area contributed by atoms with Crippen LogP contribution in [0.5, 0.6) is 0 Å². The van der Waals surface area contributed by atoms with E-state index in [1.807, 2.05) is 48.7 Å². The lowest BCUT2D eigenvalue weighted by atomic mass is 10.1. The van der Waals surface area contributed by atoms with Crippen molar-refractivity contribution in [2.75, 3.05) is 13.7 Å². The maximum atomic E-state index is 12.6. The van der Waals surface area contributed by atoms with Crippen LogP contribution < -0.4 is 5.32 Å². The van der Waals surface area contributed by atoms with Gasteiger partial charge in [-0.3, -0.25) is 9.59 Å².